The predicted molar refractivity (Wildman–Crippen MR) is 143 cm³/mol. The molecule has 11 heteroatoms. The van der Waals surface area contributed by atoms with Gasteiger partial charge in [0.05, 0.1) is 16.6 Å². The van der Waals surface area contributed by atoms with Gasteiger partial charge in [-0.3, -0.25) is 0 Å². The summed E-state index contributed by atoms with van der Waals surface area (Å²) < 4.78 is 38.1. The van der Waals surface area contributed by atoms with Crippen molar-refractivity contribution in [1.29, 1.82) is 0 Å². The van der Waals surface area contributed by atoms with Crippen molar-refractivity contribution in [2.75, 3.05) is 38.2 Å². The number of likely N-dealkylation sites (tertiary alicyclic amines) is 1. The zero-order valence-corrected chi connectivity index (χ0v) is 21.7. The Hall–Kier alpha value is -3.08. The molecule has 198 valence electrons. The van der Waals surface area contributed by atoms with Gasteiger partial charge in [-0.2, -0.15) is 9.97 Å². The highest BCUT2D eigenvalue weighted by Crippen LogP contribution is 2.39. The number of benzene rings is 1. The number of anilines is 1. The summed E-state index contributed by atoms with van der Waals surface area (Å²) in [7, 11) is 2.07. The van der Waals surface area contributed by atoms with Crippen molar-refractivity contribution in [3.8, 4) is 17.1 Å². The summed E-state index contributed by atoms with van der Waals surface area (Å²) in [5.41, 5.74) is 1.14. The molecule has 2 bridgehead atoms. The normalized spacial score (nSPS) is 23.7. The maximum absolute atomic E-state index is 16.3. The molecule has 0 unspecified atom stereocenters. The van der Waals surface area contributed by atoms with E-state index in [4.69, 9.17) is 21.3 Å². The second-order valence-electron chi connectivity index (χ2n) is 10.6. The van der Waals surface area contributed by atoms with Gasteiger partial charge in [0, 0.05) is 48.4 Å². The summed E-state index contributed by atoms with van der Waals surface area (Å²) in [4.78, 5) is 20.9. The van der Waals surface area contributed by atoms with Gasteiger partial charge < -0.3 is 24.8 Å². The number of likely N-dealkylation sites (N-methyl/N-ethyl adjacent to an activating group) is 1. The molecule has 7 rings (SSSR count). The molecule has 4 aromatic rings. The quantitative estimate of drug-likeness (QED) is 0.361. The van der Waals surface area contributed by atoms with Crippen molar-refractivity contribution < 1.29 is 13.5 Å². The number of aromatic nitrogens is 4. The molecule has 3 aliphatic rings. The van der Waals surface area contributed by atoms with Crippen LogP contribution < -0.4 is 15.0 Å². The zero-order chi connectivity index (χ0) is 26.0. The van der Waals surface area contributed by atoms with E-state index in [0.717, 1.165) is 32.2 Å². The zero-order valence-electron chi connectivity index (χ0n) is 21.0. The fraction of sp³-hybridized carbons (Fsp3) is 0.444. The lowest BCUT2D eigenvalue weighted by Gasteiger charge is -2.34. The average Bonchev–Trinajstić information content (AvgIpc) is 3.60. The van der Waals surface area contributed by atoms with Gasteiger partial charge in [-0.1, -0.05) is 11.6 Å². The molecule has 2 N–H and O–H groups in total. The highest BCUT2D eigenvalue weighted by Gasteiger charge is 2.34. The van der Waals surface area contributed by atoms with Gasteiger partial charge in [-0.15, -0.1) is 0 Å². The van der Waals surface area contributed by atoms with E-state index in [-0.39, 0.29) is 33.8 Å². The summed E-state index contributed by atoms with van der Waals surface area (Å²) in [6.45, 7) is 2.85. The van der Waals surface area contributed by atoms with E-state index in [1.807, 2.05) is 0 Å². The monoisotopic (exact) mass is 539 g/mol. The molecule has 0 amide bonds. The summed E-state index contributed by atoms with van der Waals surface area (Å²) in [6.07, 6.45) is 5.83. The lowest BCUT2D eigenvalue weighted by atomic mass is 10.0. The third kappa shape index (κ3) is 4.06. The van der Waals surface area contributed by atoms with Gasteiger partial charge in [0.1, 0.15) is 28.9 Å². The van der Waals surface area contributed by atoms with Crippen LogP contribution >= 0.6 is 11.6 Å². The smallest absolute Gasteiger partial charge is 0.319 e. The van der Waals surface area contributed by atoms with Crippen LogP contribution in [0.4, 0.5) is 14.6 Å². The molecule has 3 atom stereocenters. The molecule has 0 aliphatic carbocycles. The van der Waals surface area contributed by atoms with E-state index in [2.05, 4.69) is 37.1 Å². The van der Waals surface area contributed by atoms with Crippen LogP contribution in [0.3, 0.4) is 0 Å². The van der Waals surface area contributed by atoms with Crippen LogP contribution in [0.5, 0.6) is 6.01 Å². The van der Waals surface area contributed by atoms with Crippen molar-refractivity contribution in [1.82, 2.24) is 30.2 Å². The second-order valence-corrected chi connectivity index (χ2v) is 11.0. The molecule has 0 saturated carbocycles. The van der Waals surface area contributed by atoms with Crippen LogP contribution in [-0.4, -0.2) is 76.3 Å². The number of halogens is 3. The molecule has 0 spiro atoms. The van der Waals surface area contributed by atoms with E-state index in [0.29, 0.717) is 54.0 Å². The molecular weight excluding hydrogens is 512 g/mol. The number of rotatable bonds is 5. The van der Waals surface area contributed by atoms with Crippen LogP contribution in [0.15, 0.2) is 24.4 Å². The average molecular weight is 540 g/mol. The summed E-state index contributed by atoms with van der Waals surface area (Å²) in [6, 6.07) is 5.71. The van der Waals surface area contributed by atoms with Crippen molar-refractivity contribution in [3.63, 3.8) is 0 Å². The standard InChI is InChI=1S/C27H28ClF2N7O/c1-36-8-2-3-16(36)13-38-27-34-25-17(26(35-27)37-11-14-4-5-15(12-37)32-14)9-19(29)22(23(25)30)18-10-31-20-6-7-21(28)33-24(18)20/h6-7,9-10,14-16,31-32H,2-5,8,11-13H2,1H3/t14-,15+,16-/m0/s1. The van der Waals surface area contributed by atoms with Crippen LogP contribution in [0, 0.1) is 11.6 Å². The van der Waals surface area contributed by atoms with E-state index >= 15 is 8.78 Å². The molecule has 6 heterocycles. The van der Waals surface area contributed by atoms with E-state index in [9.17, 15) is 0 Å². The maximum atomic E-state index is 16.3. The van der Waals surface area contributed by atoms with Gasteiger partial charge in [0.25, 0.3) is 0 Å². The molecule has 3 saturated heterocycles. The minimum atomic E-state index is -0.771. The summed E-state index contributed by atoms with van der Waals surface area (Å²) >= 11 is 6.10. The molecule has 0 radical (unpaired) electrons. The van der Waals surface area contributed by atoms with E-state index in [1.54, 1.807) is 18.3 Å². The largest absolute Gasteiger partial charge is 0.462 e. The number of nitrogens with zero attached hydrogens (tertiary/aromatic N) is 5. The van der Waals surface area contributed by atoms with Gasteiger partial charge >= 0.3 is 6.01 Å². The van der Waals surface area contributed by atoms with E-state index in [1.165, 1.54) is 6.07 Å². The van der Waals surface area contributed by atoms with Gasteiger partial charge in [-0.25, -0.2) is 13.8 Å². The highest BCUT2D eigenvalue weighted by molar-refractivity contribution is 6.29. The van der Waals surface area contributed by atoms with Crippen molar-refractivity contribution >= 4 is 39.4 Å². The fourth-order valence-corrected chi connectivity index (χ4v) is 6.36. The van der Waals surface area contributed by atoms with E-state index < -0.39 is 11.6 Å². The van der Waals surface area contributed by atoms with Crippen LogP contribution in [-0.2, 0) is 0 Å². The van der Waals surface area contributed by atoms with Crippen molar-refractivity contribution in [3.05, 3.63) is 41.2 Å². The molecule has 1 aromatic carbocycles. The molecular formula is C27H28ClF2N7O. The first-order chi connectivity index (χ1) is 18.4. The number of aromatic amines is 1. The number of H-pyrrole nitrogens is 1. The number of pyridine rings is 1. The minimum Gasteiger partial charge on any atom is -0.462 e. The van der Waals surface area contributed by atoms with Crippen LogP contribution in [0.25, 0.3) is 33.1 Å². The van der Waals surface area contributed by atoms with Crippen LogP contribution in [0.2, 0.25) is 5.15 Å². The lowest BCUT2D eigenvalue weighted by molar-refractivity contribution is 0.188. The molecule has 3 aliphatic heterocycles. The maximum Gasteiger partial charge on any atom is 0.319 e. The number of hydrogen-bond donors (Lipinski definition) is 2. The highest BCUT2D eigenvalue weighted by atomic mass is 35.5. The van der Waals surface area contributed by atoms with Crippen molar-refractivity contribution in [2.24, 2.45) is 0 Å². The Morgan fingerprint density at radius 3 is 2.66 bits per heavy atom. The number of fused-ring (bicyclic) bond motifs is 4. The number of hydrogen-bond acceptors (Lipinski definition) is 7. The fourth-order valence-electron chi connectivity index (χ4n) is 6.21. The molecule has 3 aromatic heterocycles. The van der Waals surface area contributed by atoms with Gasteiger partial charge in [0.2, 0.25) is 0 Å². The van der Waals surface area contributed by atoms with Gasteiger partial charge in [0.15, 0.2) is 5.82 Å². The summed E-state index contributed by atoms with van der Waals surface area (Å²) in [5.74, 6) is -0.971. The molecule has 3 fully saturated rings. The minimum absolute atomic E-state index is 0.0310. The van der Waals surface area contributed by atoms with Crippen molar-refractivity contribution in [2.45, 2.75) is 43.8 Å². The third-order valence-corrected chi connectivity index (χ3v) is 8.40. The lowest BCUT2D eigenvalue weighted by Crippen LogP contribution is -2.51. The Morgan fingerprint density at radius 2 is 1.89 bits per heavy atom. The topological polar surface area (TPSA) is 82.2 Å². The Bertz CT molecular complexity index is 1530. The Morgan fingerprint density at radius 1 is 1.08 bits per heavy atom. The Kier molecular flexibility index (Phi) is 5.86. The molecule has 38 heavy (non-hydrogen) atoms. The first-order valence-corrected chi connectivity index (χ1v) is 13.5. The second kappa shape index (κ2) is 9.29. The first kappa shape index (κ1) is 24.0. The van der Waals surface area contributed by atoms with Crippen LogP contribution in [0.1, 0.15) is 25.7 Å². The SMILES string of the molecule is CN1CCC[C@H]1COc1nc(N2C[C@H]3CC[C@@H](C2)N3)c2cc(F)c(-c3c[nH]c4ccc(Cl)nc34)c(F)c2n1. The number of piperazine rings is 1. The summed E-state index contributed by atoms with van der Waals surface area (Å²) in [5, 5.41) is 4.18. The third-order valence-electron chi connectivity index (χ3n) is 8.19. The number of ether oxygens (including phenoxy) is 1. The first-order valence-electron chi connectivity index (χ1n) is 13.1. The molecule has 8 nitrogen and oxygen atoms in total. The van der Waals surface area contributed by atoms with Gasteiger partial charge in [-0.05, 0) is 57.5 Å². The predicted octanol–water partition coefficient (Wildman–Crippen LogP) is 4.52. The Balaban J connectivity index is 1.37. The number of nitrogens with one attached hydrogen (secondary N) is 2. The Labute approximate surface area is 223 Å².